The van der Waals surface area contributed by atoms with Crippen molar-refractivity contribution >= 4 is 11.9 Å². The van der Waals surface area contributed by atoms with Gasteiger partial charge in [-0.3, -0.25) is 4.79 Å². The first-order valence-corrected chi connectivity index (χ1v) is 6.44. The number of rotatable bonds is 3. The highest BCUT2D eigenvalue weighted by atomic mass is 16.7. The van der Waals surface area contributed by atoms with Crippen LogP contribution < -0.4 is 4.74 Å². The molecule has 3 rings (SSSR count). The number of carbonyl (C=O) groups is 1. The second-order valence-electron chi connectivity index (χ2n) is 4.54. The monoisotopic (exact) mass is 266 g/mol. The molecule has 0 radical (unpaired) electrons. The fraction of sp³-hybridized carbons (Fsp3) is 0.118. The first kappa shape index (κ1) is 12.6. The van der Waals surface area contributed by atoms with Gasteiger partial charge in [0.1, 0.15) is 5.75 Å². The summed E-state index contributed by atoms with van der Waals surface area (Å²) in [6.07, 6.45) is 3.40. The molecular weight excluding hydrogens is 252 g/mol. The van der Waals surface area contributed by atoms with Gasteiger partial charge in [0, 0.05) is 11.1 Å². The minimum atomic E-state index is -0.0257. The number of hydrogen-bond donors (Lipinski definition) is 0. The molecule has 0 aliphatic carbocycles. The molecule has 0 saturated carbocycles. The molecule has 0 N–H and O–H groups in total. The normalized spacial score (nSPS) is 13.8. The lowest BCUT2D eigenvalue weighted by atomic mass is 10.1. The molecule has 0 unspecified atom stereocenters. The Morgan fingerprint density at radius 2 is 1.95 bits per heavy atom. The molecular formula is C17H14O3. The summed E-state index contributed by atoms with van der Waals surface area (Å²) in [5.41, 5.74) is 2.56. The Morgan fingerprint density at radius 1 is 1.10 bits per heavy atom. The summed E-state index contributed by atoms with van der Waals surface area (Å²) in [6.45, 7) is 0.757. The summed E-state index contributed by atoms with van der Waals surface area (Å²) in [5.74, 6) is 0.766. The van der Waals surface area contributed by atoms with Crippen LogP contribution in [-0.4, -0.2) is 12.6 Å². The Morgan fingerprint density at radius 3 is 2.80 bits per heavy atom. The zero-order valence-corrected chi connectivity index (χ0v) is 10.9. The maximum absolute atomic E-state index is 12.1. The van der Waals surface area contributed by atoms with E-state index in [0.29, 0.717) is 12.2 Å². The molecule has 0 aromatic heterocycles. The van der Waals surface area contributed by atoms with Crippen molar-refractivity contribution in [2.75, 3.05) is 6.79 Å². The van der Waals surface area contributed by atoms with Crippen LogP contribution >= 0.6 is 0 Å². The quantitative estimate of drug-likeness (QED) is 0.630. The van der Waals surface area contributed by atoms with E-state index in [4.69, 9.17) is 9.47 Å². The van der Waals surface area contributed by atoms with Crippen LogP contribution in [0.4, 0.5) is 0 Å². The fourth-order valence-electron chi connectivity index (χ4n) is 2.08. The van der Waals surface area contributed by atoms with Crippen LogP contribution in [0.3, 0.4) is 0 Å². The van der Waals surface area contributed by atoms with Crippen LogP contribution in [0, 0.1) is 0 Å². The van der Waals surface area contributed by atoms with Crippen molar-refractivity contribution in [1.82, 2.24) is 0 Å². The number of allylic oxidation sites excluding steroid dienone is 1. The number of fused-ring (bicyclic) bond motifs is 1. The van der Waals surface area contributed by atoms with E-state index in [9.17, 15) is 4.79 Å². The molecule has 0 amide bonds. The average molecular weight is 266 g/mol. The summed E-state index contributed by atoms with van der Waals surface area (Å²) in [7, 11) is 0. The van der Waals surface area contributed by atoms with Crippen molar-refractivity contribution in [3.8, 4) is 5.75 Å². The van der Waals surface area contributed by atoms with Crippen molar-refractivity contribution in [1.29, 1.82) is 0 Å². The summed E-state index contributed by atoms with van der Waals surface area (Å²) in [6, 6.07) is 15.2. The molecule has 1 heterocycles. The van der Waals surface area contributed by atoms with Crippen molar-refractivity contribution < 1.29 is 14.3 Å². The van der Waals surface area contributed by atoms with Crippen LogP contribution in [0.15, 0.2) is 54.6 Å². The van der Waals surface area contributed by atoms with Gasteiger partial charge in [0.2, 0.25) is 0 Å². The molecule has 100 valence electrons. The van der Waals surface area contributed by atoms with Crippen LogP contribution in [-0.2, 0) is 11.3 Å². The Balaban J connectivity index is 1.79. The minimum absolute atomic E-state index is 0.0257. The average Bonchev–Trinajstić information content (AvgIpc) is 2.53. The van der Waals surface area contributed by atoms with E-state index in [1.165, 1.54) is 0 Å². The lowest BCUT2D eigenvalue weighted by Crippen LogP contribution is -2.11. The van der Waals surface area contributed by atoms with E-state index in [2.05, 4.69) is 0 Å². The van der Waals surface area contributed by atoms with E-state index in [1.54, 1.807) is 12.1 Å². The Labute approximate surface area is 117 Å². The molecule has 0 atom stereocenters. The Bertz CT molecular complexity index is 645. The standard InChI is InChI=1S/C17H14O3/c18-16(8-6-13-4-2-1-3-5-13)14-7-9-17-15(10-14)11-19-12-20-17/h1-10H,11-12H2. The second kappa shape index (κ2) is 5.72. The first-order valence-electron chi connectivity index (χ1n) is 6.44. The molecule has 3 heteroatoms. The number of carbonyl (C=O) groups excluding carboxylic acids is 1. The van der Waals surface area contributed by atoms with Crippen LogP contribution in [0.2, 0.25) is 0 Å². The zero-order valence-electron chi connectivity index (χ0n) is 10.9. The third kappa shape index (κ3) is 2.78. The SMILES string of the molecule is O=C(C=Cc1ccccc1)c1ccc2c(c1)COCO2. The van der Waals surface area contributed by atoms with Gasteiger partial charge in [-0.05, 0) is 29.8 Å². The van der Waals surface area contributed by atoms with Crippen molar-refractivity contribution in [3.63, 3.8) is 0 Å². The molecule has 0 spiro atoms. The van der Waals surface area contributed by atoms with E-state index >= 15 is 0 Å². The molecule has 1 aliphatic rings. The summed E-state index contributed by atoms with van der Waals surface area (Å²) < 4.78 is 10.5. The van der Waals surface area contributed by atoms with E-state index in [1.807, 2.05) is 48.5 Å². The lowest BCUT2D eigenvalue weighted by molar-refractivity contribution is -0.0163. The third-order valence-corrected chi connectivity index (χ3v) is 3.13. The topological polar surface area (TPSA) is 35.5 Å². The van der Waals surface area contributed by atoms with Crippen molar-refractivity contribution in [2.45, 2.75) is 6.61 Å². The number of ether oxygens (including phenoxy) is 2. The minimum Gasteiger partial charge on any atom is -0.467 e. The zero-order chi connectivity index (χ0) is 13.8. The fourth-order valence-corrected chi connectivity index (χ4v) is 2.08. The highest BCUT2D eigenvalue weighted by molar-refractivity contribution is 6.07. The molecule has 1 aliphatic heterocycles. The van der Waals surface area contributed by atoms with Crippen molar-refractivity contribution in [3.05, 3.63) is 71.3 Å². The highest BCUT2D eigenvalue weighted by Gasteiger charge is 2.12. The van der Waals surface area contributed by atoms with Crippen molar-refractivity contribution in [2.24, 2.45) is 0 Å². The predicted molar refractivity (Wildman–Crippen MR) is 76.5 cm³/mol. The lowest BCUT2D eigenvalue weighted by Gasteiger charge is -2.17. The van der Waals surface area contributed by atoms with Crippen LogP contribution in [0.1, 0.15) is 21.5 Å². The van der Waals surface area contributed by atoms with Gasteiger partial charge in [0.05, 0.1) is 6.61 Å². The largest absolute Gasteiger partial charge is 0.467 e. The van der Waals surface area contributed by atoms with Gasteiger partial charge >= 0.3 is 0 Å². The highest BCUT2D eigenvalue weighted by Crippen LogP contribution is 2.24. The predicted octanol–water partition coefficient (Wildman–Crippen LogP) is 3.45. The van der Waals surface area contributed by atoms with Gasteiger partial charge in [-0.15, -0.1) is 0 Å². The van der Waals surface area contributed by atoms with Gasteiger partial charge in [-0.25, -0.2) is 0 Å². The molecule has 20 heavy (non-hydrogen) atoms. The molecule has 2 aromatic rings. The summed E-state index contributed by atoms with van der Waals surface area (Å²) >= 11 is 0. The second-order valence-corrected chi connectivity index (χ2v) is 4.54. The van der Waals surface area contributed by atoms with Gasteiger partial charge in [-0.2, -0.15) is 0 Å². The Hall–Kier alpha value is -2.39. The number of hydrogen-bond acceptors (Lipinski definition) is 3. The molecule has 2 aromatic carbocycles. The molecule has 0 bridgehead atoms. The summed E-state index contributed by atoms with van der Waals surface area (Å²) in [5, 5.41) is 0. The molecule has 0 saturated heterocycles. The van der Waals surface area contributed by atoms with Gasteiger partial charge in [0.15, 0.2) is 12.6 Å². The maximum Gasteiger partial charge on any atom is 0.189 e. The molecule has 0 fully saturated rings. The van der Waals surface area contributed by atoms with Gasteiger partial charge in [0.25, 0.3) is 0 Å². The van der Waals surface area contributed by atoms with E-state index < -0.39 is 0 Å². The van der Waals surface area contributed by atoms with E-state index in [-0.39, 0.29) is 12.6 Å². The van der Waals surface area contributed by atoms with Gasteiger partial charge in [-0.1, -0.05) is 36.4 Å². The van der Waals surface area contributed by atoms with Crippen LogP contribution in [0.25, 0.3) is 6.08 Å². The van der Waals surface area contributed by atoms with Crippen LogP contribution in [0.5, 0.6) is 5.75 Å². The Kier molecular flexibility index (Phi) is 3.61. The number of benzene rings is 2. The molecule has 3 nitrogen and oxygen atoms in total. The number of ketones is 1. The first-order chi connectivity index (χ1) is 9.83. The van der Waals surface area contributed by atoms with Gasteiger partial charge < -0.3 is 9.47 Å². The third-order valence-electron chi connectivity index (χ3n) is 3.13. The maximum atomic E-state index is 12.1. The van der Waals surface area contributed by atoms with E-state index in [0.717, 1.165) is 16.9 Å². The smallest absolute Gasteiger partial charge is 0.189 e. The summed E-state index contributed by atoms with van der Waals surface area (Å²) in [4.78, 5) is 12.1.